The zero-order valence-electron chi connectivity index (χ0n) is 13.6. The lowest BCUT2D eigenvalue weighted by Crippen LogP contribution is -2.19. The third-order valence-corrected chi connectivity index (χ3v) is 3.72. The molecule has 0 N–H and O–H groups in total. The molecule has 0 aliphatic heterocycles. The Morgan fingerprint density at radius 2 is 1.70 bits per heavy atom. The predicted octanol–water partition coefficient (Wildman–Crippen LogP) is 3.56. The second kappa shape index (κ2) is 7.18. The van der Waals surface area contributed by atoms with E-state index in [0.717, 1.165) is 6.07 Å². The molecule has 27 heavy (non-hydrogen) atoms. The third-order valence-electron chi connectivity index (χ3n) is 3.72. The molecule has 0 radical (unpaired) electrons. The number of alkyl halides is 3. The van der Waals surface area contributed by atoms with Crippen molar-refractivity contribution in [2.45, 2.75) is 12.4 Å². The fourth-order valence-electron chi connectivity index (χ4n) is 2.60. The molecule has 1 unspecified atom stereocenters. The molecule has 0 bridgehead atoms. The van der Waals surface area contributed by atoms with Crippen molar-refractivity contribution in [3.63, 3.8) is 0 Å². The number of hydrogen-bond acceptors (Lipinski definition) is 5. The second-order valence-corrected chi connectivity index (χ2v) is 5.43. The van der Waals surface area contributed by atoms with Crippen molar-refractivity contribution in [3.05, 3.63) is 77.4 Å². The van der Waals surface area contributed by atoms with Gasteiger partial charge >= 0.3 is 6.36 Å². The van der Waals surface area contributed by atoms with Gasteiger partial charge in [0, 0.05) is 0 Å². The summed E-state index contributed by atoms with van der Waals surface area (Å²) in [5, 5.41) is 22.1. The smallest absolute Gasteiger partial charge is 0.404 e. The Morgan fingerprint density at radius 3 is 2.26 bits per heavy atom. The van der Waals surface area contributed by atoms with Crippen molar-refractivity contribution >= 4 is 0 Å². The normalized spacial score (nSPS) is 12.0. The van der Waals surface area contributed by atoms with Gasteiger partial charge in [-0.3, -0.25) is 0 Å². The zero-order chi connectivity index (χ0) is 19.4. The topological polar surface area (TPSA) is 87.5 Å². The average molecular weight is 369 g/mol. The minimum Gasteiger partial charge on any atom is -0.404 e. The first-order chi connectivity index (χ1) is 12.9. The largest absolute Gasteiger partial charge is 0.573 e. The van der Waals surface area contributed by atoms with Crippen LogP contribution in [0.1, 0.15) is 28.3 Å². The molecule has 2 aromatic carbocycles. The molecule has 0 saturated carbocycles. The molecule has 134 valence electrons. The summed E-state index contributed by atoms with van der Waals surface area (Å²) < 4.78 is 43.5. The molecule has 3 rings (SSSR count). The minimum atomic E-state index is -4.93. The van der Waals surface area contributed by atoms with Gasteiger partial charge in [0.1, 0.15) is 30.5 Å². The summed E-state index contributed by atoms with van der Waals surface area (Å²) in [7, 11) is 0. The lowest BCUT2D eigenvalue weighted by molar-refractivity contribution is -0.274. The van der Waals surface area contributed by atoms with Gasteiger partial charge in [0.2, 0.25) is 0 Å². The fourth-order valence-corrected chi connectivity index (χ4v) is 2.60. The molecular weight excluding hydrogens is 359 g/mol. The Bertz CT molecular complexity index is 1020. The van der Waals surface area contributed by atoms with Crippen LogP contribution in [0.25, 0.3) is 0 Å². The number of ether oxygens (including phenoxy) is 1. The Kier molecular flexibility index (Phi) is 4.77. The lowest BCUT2D eigenvalue weighted by atomic mass is 9.96. The first-order valence-electron chi connectivity index (χ1n) is 7.55. The predicted molar refractivity (Wildman–Crippen MR) is 86.3 cm³/mol. The zero-order valence-corrected chi connectivity index (χ0v) is 13.6. The fraction of sp³-hybridized carbons (Fsp3) is 0.111. The highest BCUT2D eigenvalue weighted by atomic mass is 19.4. The van der Waals surface area contributed by atoms with Crippen molar-refractivity contribution in [3.8, 4) is 17.9 Å². The lowest BCUT2D eigenvalue weighted by Gasteiger charge is -2.20. The van der Waals surface area contributed by atoms with E-state index in [1.165, 1.54) is 29.5 Å². The number of hydrogen-bond donors (Lipinski definition) is 0. The summed E-state index contributed by atoms with van der Waals surface area (Å²) in [4.78, 5) is 3.88. The summed E-state index contributed by atoms with van der Waals surface area (Å²) in [5.41, 5.74) is 1.27. The summed E-state index contributed by atoms with van der Waals surface area (Å²) in [5.74, 6) is -0.596. The molecule has 0 saturated heterocycles. The van der Waals surface area contributed by atoms with E-state index < -0.39 is 18.2 Å². The molecule has 0 aliphatic carbocycles. The number of nitrogens with zero attached hydrogens (tertiary/aromatic N) is 5. The highest BCUT2D eigenvalue weighted by molar-refractivity contribution is 5.48. The van der Waals surface area contributed by atoms with Crippen LogP contribution in [0.4, 0.5) is 13.2 Å². The Hall–Kier alpha value is -3.85. The Labute approximate surface area is 151 Å². The molecule has 1 atom stereocenters. The first-order valence-corrected chi connectivity index (χ1v) is 7.55. The second-order valence-electron chi connectivity index (χ2n) is 5.43. The molecule has 0 fully saturated rings. The quantitative estimate of drug-likeness (QED) is 0.702. The molecule has 9 heteroatoms. The Morgan fingerprint density at radius 1 is 1.00 bits per heavy atom. The van der Waals surface area contributed by atoms with Gasteiger partial charge in [0.25, 0.3) is 0 Å². The number of rotatable bonds is 4. The minimum absolute atomic E-state index is 0.242. The maximum Gasteiger partial charge on any atom is 0.573 e. The standard InChI is InChI=1S/C18H10F3N5O/c19-18(20,21)27-16-7-14(5-6-15(16)9-23)17(26-11-24-10-25-26)13-3-1-12(8-22)2-4-13/h1-7,10-11,17H. The monoisotopic (exact) mass is 369 g/mol. The molecule has 3 aromatic rings. The van der Waals surface area contributed by atoms with Crippen LogP contribution in [0.5, 0.6) is 5.75 Å². The van der Waals surface area contributed by atoms with Crippen molar-refractivity contribution in [2.75, 3.05) is 0 Å². The third kappa shape index (κ3) is 4.05. The van der Waals surface area contributed by atoms with E-state index in [2.05, 4.69) is 14.8 Å². The van der Waals surface area contributed by atoms with Crippen LogP contribution in [0.3, 0.4) is 0 Å². The van der Waals surface area contributed by atoms with Crippen LogP contribution in [-0.4, -0.2) is 21.1 Å². The Balaban J connectivity index is 2.11. The van der Waals surface area contributed by atoms with E-state index in [9.17, 15) is 13.2 Å². The van der Waals surface area contributed by atoms with Crippen LogP contribution in [0.15, 0.2) is 55.1 Å². The van der Waals surface area contributed by atoms with E-state index in [4.69, 9.17) is 10.5 Å². The van der Waals surface area contributed by atoms with E-state index in [-0.39, 0.29) is 5.56 Å². The summed E-state index contributed by atoms with van der Waals surface area (Å²) >= 11 is 0. The van der Waals surface area contributed by atoms with E-state index in [1.807, 2.05) is 6.07 Å². The van der Waals surface area contributed by atoms with E-state index in [1.54, 1.807) is 30.3 Å². The van der Waals surface area contributed by atoms with Crippen LogP contribution in [-0.2, 0) is 0 Å². The number of aromatic nitrogens is 3. The van der Waals surface area contributed by atoms with Crippen LogP contribution in [0.2, 0.25) is 0 Å². The van der Waals surface area contributed by atoms with Gasteiger partial charge in [-0.2, -0.15) is 15.6 Å². The van der Waals surface area contributed by atoms with Crippen molar-refractivity contribution in [1.29, 1.82) is 10.5 Å². The van der Waals surface area contributed by atoms with Crippen LogP contribution < -0.4 is 4.74 Å². The number of halogens is 3. The number of nitriles is 2. The van der Waals surface area contributed by atoms with E-state index >= 15 is 0 Å². The van der Waals surface area contributed by atoms with Gasteiger partial charge in [-0.1, -0.05) is 18.2 Å². The molecule has 6 nitrogen and oxygen atoms in total. The van der Waals surface area contributed by atoms with Crippen molar-refractivity contribution in [2.24, 2.45) is 0 Å². The van der Waals surface area contributed by atoms with Crippen LogP contribution in [0, 0.1) is 22.7 Å². The maximum atomic E-state index is 12.7. The molecule has 0 spiro atoms. The molecule has 0 aliphatic rings. The summed E-state index contributed by atoms with van der Waals surface area (Å²) in [6.07, 6.45) is -2.21. The average Bonchev–Trinajstić information content (AvgIpc) is 3.16. The van der Waals surface area contributed by atoms with Gasteiger partial charge in [0.05, 0.1) is 17.2 Å². The van der Waals surface area contributed by atoms with Gasteiger partial charge in [-0.25, -0.2) is 9.67 Å². The van der Waals surface area contributed by atoms with E-state index in [0.29, 0.717) is 16.7 Å². The first kappa shape index (κ1) is 18.0. The molecule has 1 aromatic heterocycles. The van der Waals surface area contributed by atoms with Gasteiger partial charge in [0.15, 0.2) is 0 Å². The van der Waals surface area contributed by atoms with Gasteiger partial charge in [-0.15, -0.1) is 13.2 Å². The van der Waals surface area contributed by atoms with Gasteiger partial charge < -0.3 is 4.74 Å². The summed E-state index contributed by atoms with van der Waals surface area (Å²) in [6, 6.07) is 13.5. The summed E-state index contributed by atoms with van der Waals surface area (Å²) in [6.45, 7) is 0. The molecule has 0 amide bonds. The maximum absolute atomic E-state index is 12.7. The highest BCUT2D eigenvalue weighted by Gasteiger charge is 2.32. The highest BCUT2D eigenvalue weighted by Crippen LogP contribution is 2.33. The molecular formula is C18H10F3N5O. The van der Waals surface area contributed by atoms with Gasteiger partial charge in [-0.05, 0) is 35.4 Å². The number of benzene rings is 2. The van der Waals surface area contributed by atoms with Crippen LogP contribution >= 0.6 is 0 Å². The molecule has 1 heterocycles. The van der Waals surface area contributed by atoms with Crippen molar-refractivity contribution < 1.29 is 17.9 Å². The SMILES string of the molecule is N#Cc1ccc(C(c2ccc(C#N)c(OC(F)(F)F)c2)n2cncn2)cc1. The van der Waals surface area contributed by atoms with Crippen molar-refractivity contribution in [1.82, 2.24) is 14.8 Å².